The SMILES string of the molecule is CC1(C)c2ccccc2-c2cccc(-n3c4ccccc4c4ccc5c6ccccc6n(-c6nc(-c7ccccc7)nc(-c7cccc(-c8ccccc8)c7)n6)c5c43)c21. The molecular weight excluding hydrogens is 719 g/mol. The highest BCUT2D eigenvalue weighted by Crippen LogP contribution is 2.52. The van der Waals surface area contributed by atoms with E-state index in [0.29, 0.717) is 17.6 Å². The van der Waals surface area contributed by atoms with Crippen molar-refractivity contribution in [2.24, 2.45) is 0 Å². The lowest BCUT2D eigenvalue weighted by Crippen LogP contribution is -2.18. The van der Waals surface area contributed by atoms with Gasteiger partial charge in [-0.3, -0.25) is 4.57 Å². The van der Waals surface area contributed by atoms with Gasteiger partial charge in [0.15, 0.2) is 11.6 Å². The van der Waals surface area contributed by atoms with Gasteiger partial charge in [0.05, 0.1) is 27.8 Å². The second-order valence-corrected chi connectivity index (χ2v) is 16.0. The summed E-state index contributed by atoms with van der Waals surface area (Å²) in [6.07, 6.45) is 0. The fourth-order valence-corrected chi connectivity index (χ4v) is 9.74. The highest BCUT2D eigenvalue weighted by atomic mass is 15.2. The Morgan fingerprint density at radius 2 is 0.915 bits per heavy atom. The van der Waals surface area contributed by atoms with Crippen molar-refractivity contribution < 1.29 is 0 Å². The van der Waals surface area contributed by atoms with Crippen molar-refractivity contribution in [1.29, 1.82) is 0 Å². The lowest BCUT2D eigenvalue weighted by molar-refractivity contribution is 0.656. The predicted octanol–water partition coefficient (Wildman–Crippen LogP) is 13.4. The molecule has 0 N–H and O–H groups in total. The summed E-state index contributed by atoms with van der Waals surface area (Å²) in [5.74, 6) is 1.81. The molecule has 5 heteroatoms. The lowest BCUT2D eigenvalue weighted by atomic mass is 9.81. The maximum atomic E-state index is 5.41. The largest absolute Gasteiger partial charge is 0.307 e. The first kappa shape index (κ1) is 33.5. The predicted molar refractivity (Wildman–Crippen MR) is 242 cm³/mol. The van der Waals surface area contributed by atoms with Crippen LogP contribution in [0.5, 0.6) is 0 Å². The third-order valence-corrected chi connectivity index (χ3v) is 12.4. The zero-order valence-corrected chi connectivity index (χ0v) is 32.6. The van der Waals surface area contributed by atoms with Crippen molar-refractivity contribution in [3.63, 3.8) is 0 Å². The number of benzene rings is 8. The Kier molecular flexibility index (Phi) is 7.20. The van der Waals surface area contributed by atoms with E-state index < -0.39 is 0 Å². The molecule has 0 saturated heterocycles. The van der Waals surface area contributed by atoms with E-state index >= 15 is 0 Å². The summed E-state index contributed by atoms with van der Waals surface area (Å²) in [5.41, 5.74) is 14.7. The van der Waals surface area contributed by atoms with Gasteiger partial charge in [0, 0.05) is 38.1 Å². The van der Waals surface area contributed by atoms with Crippen molar-refractivity contribution in [1.82, 2.24) is 24.1 Å². The summed E-state index contributed by atoms with van der Waals surface area (Å²) < 4.78 is 4.79. The topological polar surface area (TPSA) is 48.5 Å². The highest BCUT2D eigenvalue weighted by Gasteiger charge is 2.38. The molecule has 11 aromatic rings. The summed E-state index contributed by atoms with van der Waals surface area (Å²) in [4.78, 5) is 15.9. The zero-order valence-electron chi connectivity index (χ0n) is 32.6. The van der Waals surface area contributed by atoms with Crippen molar-refractivity contribution in [3.8, 4) is 56.7 Å². The number of nitrogens with zero attached hydrogens (tertiary/aromatic N) is 5. The molecule has 0 unspecified atom stereocenters. The molecule has 0 amide bonds. The van der Waals surface area contributed by atoms with Crippen LogP contribution in [0.3, 0.4) is 0 Å². The minimum Gasteiger partial charge on any atom is -0.307 e. The van der Waals surface area contributed by atoms with E-state index in [0.717, 1.165) is 55.1 Å². The van der Waals surface area contributed by atoms with E-state index in [1.165, 1.54) is 38.7 Å². The quantitative estimate of drug-likeness (QED) is 0.176. The second kappa shape index (κ2) is 12.7. The Bertz CT molecular complexity index is 3470. The average molecular weight is 756 g/mol. The van der Waals surface area contributed by atoms with Crippen LogP contribution in [-0.2, 0) is 5.41 Å². The molecule has 8 aromatic carbocycles. The van der Waals surface area contributed by atoms with Crippen LogP contribution in [-0.4, -0.2) is 24.1 Å². The van der Waals surface area contributed by atoms with Crippen molar-refractivity contribution >= 4 is 43.6 Å². The molecule has 3 aromatic heterocycles. The normalized spacial score (nSPS) is 13.1. The van der Waals surface area contributed by atoms with Gasteiger partial charge in [0.1, 0.15) is 0 Å². The third kappa shape index (κ3) is 4.95. The average Bonchev–Trinajstić information content (AvgIpc) is 3.90. The van der Waals surface area contributed by atoms with Gasteiger partial charge in [-0.1, -0.05) is 178 Å². The summed E-state index contributed by atoms with van der Waals surface area (Å²) in [6.45, 7) is 4.73. The van der Waals surface area contributed by atoms with Gasteiger partial charge in [0.25, 0.3) is 0 Å². The Hall–Kier alpha value is -7.63. The molecule has 0 aliphatic heterocycles. The molecule has 0 fully saturated rings. The van der Waals surface area contributed by atoms with Crippen LogP contribution in [0.25, 0.3) is 100 Å². The number of hydrogen-bond acceptors (Lipinski definition) is 3. The molecule has 59 heavy (non-hydrogen) atoms. The van der Waals surface area contributed by atoms with Gasteiger partial charge in [-0.2, -0.15) is 9.97 Å². The molecule has 0 spiro atoms. The monoisotopic (exact) mass is 755 g/mol. The molecule has 0 saturated carbocycles. The third-order valence-electron chi connectivity index (χ3n) is 12.4. The lowest BCUT2D eigenvalue weighted by Gasteiger charge is -2.25. The van der Waals surface area contributed by atoms with E-state index in [-0.39, 0.29) is 5.41 Å². The van der Waals surface area contributed by atoms with Crippen LogP contribution < -0.4 is 0 Å². The standard InChI is InChI=1S/C54H37N5/c1-54(2)44-27-12-9-23-38(44)41-26-16-30-47(48(41)54)58-45-28-13-10-24-39(45)42-31-32-43-40-25-11-14-29-46(40)59(50(43)49(42)58)53-56-51(35-19-7-4-8-20-35)55-52(57-53)37-22-15-21-36(33-37)34-17-5-3-6-18-34/h3-33H,1-2H3. The summed E-state index contributed by atoms with van der Waals surface area (Å²) in [7, 11) is 0. The maximum Gasteiger partial charge on any atom is 0.238 e. The van der Waals surface area contributed by atoms with Gasteiger partial charge in [-0.25, -0.2) is 4.98 Å². The first-order chi connectivity index (χ1) is 29.0. The molecule has 0 atom stereocenters. The number of fused-ring (bicyclic) bond motifs is 10. The van der Waals surface area contributed by atoms with E-state index in [1.54, 1.807) is 0 Å². The minimum absolute atomic E-state index is 0.219. The number of para-hydroxylation sites is 2. The van der Waals surface area contributed by atoms with Crippen molar-refractivity contribution in [2.45, 2.75) is 19.3 Å². The van der Waals surface area contributed by atoms with Gasteiger partial charge in [0.2, 0.25) is 5.95 Å². The van der Waals surface area contributed by atoms with Crippen LogP contribution in [0.4, 0.5) is 0 Å². The summed E-state index contributed by atoms with van der Waals surface area (Å²) in [5, 5.41) is 4.66. The van der Waals surface area contributed by atoms with Crippen LogP contribution in [0, 0.1) is 0 Å². The number of hydrogen-bond donors (Lipinski definition) is 0. The Balaban J connectivity index is 1.21. The van der Waals surface area contributed by atoms with Crippen LogP contribution in [0.15, 0.2) is 188 Å². The zero-order chi connectivity index (χ0) is 39.2. The molecule has 0 radical (unpaired) electrons. The molecule has 278 valence electrons. The fourth-order valence-electron chi connectivity index (χ4n) is 9.74. The molecule has 12 rings (SSSR count). The molecule has 1 aliphatic rings. The molecule has 3 heterocycles. The molecule has 0 bridgehead atoms. The number of rotatable bonds is 5. The van der Waals surface area contributed by atoms with Gasteiger partial charge >= 0.3 is 0 Å². The first-order valence-corrected chi connectivity index (χ1v) is 20.2. The number of aromatic nitrogens is 5. The van der Waals surface area contributed by atoms with Crippen molar-refractivity contribution in [3.05, 3.63) is 199 Å². The minimum atomic E-state index is -0.219. The highest BCUT2D eigenvalue weighted by molar-refractivity contribution is 6.23. The summed E-state index contributed by atoms with van der Waals surface area (Å²) in [6, 6.07) is 67.0. The van der Waals surface area contributed by atoms with Crippen LogP contribution in [0.2, 0.25) is 0 Å². The van der Waals surface area contributed by atoms with Crippen LogP contribution in [0.1, 0.15) is 25.0 Å². The van der Waals surface area contributed by atoms with Crippen molar-refractivity contribution in [2.75, 3.05) is 0 Å². The smallest absolute Gasteiger partial charge is 0.238 e. The van der Waals surface area contributed by atoms with E-state index in [4.69, 9.17) is 15.0 Å². The Morgan fingerprint density at radius 1 is 0.390 bits per heavy atom. The first-order valence-electron chi connectivity index (χ1n) is 20.2. The van der Waals surface area contributed by atoms with Gasteiger partial charge in [-0.05, 0) is 57.6 Å². The maximum absolute atomic E-state index is 5.41. The van der Waals surface area contributed by atoms with E-state index in [2.05, 4.69) is 187 Å². The van der Waals surface area contributed by atoms with Gasteiger partial charge < -0.3 is 4.57 Å². The molecule has 1 aliphatic carbocycles. The Labute approximate surface area is 341 Å². The Morgan fingerprint density at radius 3 is 1.64 bits per heavy atom. The van der Waals surface area contributed by atoms with Crippen LogP contribution >= 0.6 is 0 Å². The molecular formula is C54H37N5. The second-order valence-electron chi connectivity index (χ2n) is 16.0. The van der Waals surface area contributed by atoms with Gasteiger partial charge in [-0.15, -0.1) is 0 Å². The molecule has 5 nitrogen and oxygen atoms in total. The fraction of sp³-hybridized carbons (Fsp3) is 0.0556. The summed E-state index contributed by atoms with van der Waals surface area (Å²) >= 11 is 0. The van der Waals surface area contributed by atoms with E-state index in [9.17, 15) is 0 Å². The van der Waals surface area contributed by atoms with E-state index in [1.807, 2.05) is 24.3 Å².